The van der Waals surface area contributed by atoms with Gasteiger partial charge in [-0.3, -0.25) is 4.99 Å². The van der Waals surface area contributed by atoms with Crippen LogP contribution in [0.3, 0.4) is 0 Å². The zero-order valence-electron chi connectivity index (χ0n) is 9.26. The zero-order chi connectivity index (χ0) is 9.72. The Hall–Kier alpha value is -0.313. The molecule has 0 bridgehead atoms. The van der Waals surface area contributed by atoms with Crippen LogP contribution in [-0.2, 0) is 0 Å². The largest absolute Gasteiger partial charge is 0.362 e. The molecule has 0 spiro atoms. The molecule has 0 aromatic rings. The smallest absolute Gasteiger partial charge is 0.0959 e. The van der Waals surface area contributed by atoms with Gasteiger partial charge in [-0.15, -0.1) is 0 Å². The van der Waals surface area contributed by atoms with Gasteiger partial charge in [0, 0.05) is 28.5 Å². The quantitative estimate of drug-likeness (QED) is 0.362. The van der Waals surface area contributed by atoms with E-state index in [2.05, 4.69) is 44.5 Å². The van der Waals surface area contributed by atoms with Gasteiger partial charge in [-0.25, -0.2) is 0 Å². The lowest BCUT2D eigenvalue weighted by Gasteiger charge is -2.27. The van der Waals surface area contributed by atoms with Crippen molar-refractivity contribution in [2.45, 2.75) is 46.7 Å². The molecule has 0 aliphatic rings. The summed E-state index contributed by atoms with van der Waals surface area (Å²) in [4.78, 5) is 6.90. The van der Waals surface area contributed by atoms with Gasteiger partial charge in [-0.1, -0.05) is 0 Å². The Balaban J connectivity index is 4.30. The highest BCUT2D eigenvalue weighted by Crippen LogP contribution is 2.00. The van der Waals surface area contributed by atoms with E-state index < -0.39 is 0 Å². The number of hydrogen-bond donors (Lipinski definition) is 0. The molecule has 0 amide bonds. The van der Waals surface area contributed by atoms with Gasteiger partial charge >= 0.3 is 0 Å². The van der Waals surface area contributed by atoms with Crippen LogP contribution in [0.2, 0.25) is 0 Å². The molecule has 0 N–H and O–H groups in total. The van der Waals surface area contributed by atoms with Crippen LogP contribution in [0.25, 0.3) is 0 Å². The van der Waals surface area contributed by atoms with Crippen molar-refractivity contribution in [3.8, 4) is 0 Å². The van der Waals surface area contributed by atoms with E-state index in [9.17, 15) is 0 Å². The van der Waals surface area contributed by atoms with Crippen LogP contribution >= 0.6 is 0 Å². The van der Waals surface area contributed by atoms with Crippen LogP contribution < -0.4 is 0 Å². The first-order valence-corrected chi connectivity index (χ1v) is 6.21. The molecule has 0 aromatic heterocycles. The maximum Gasteiger partial charge on any atom is 0.0959 e. The molecule has 72 valence electrons. The van der Waals surface area contributed by atoms with Gasteiger partial charge in [0.05, 0.1) is 5.84 Å². The second kappa shape index (κ2) is 5.35. The molecule has 12 heavy (non-hydrogen) atoms. The average Bonchev–Trinajstić information content (AvgIpc) is 1.85. The maximum atomic E-state index is 4.53. The minimum Gasteiger partial charge on any atom is -0.362 e. The highest BCUT2D eigenvalue weighted by molar-refractivity contribution is 6.10. The zero-order valence-corrected chi connectivity index (χ0v) is 11.3. The van der Waals surface area contributed by atoms with Crippen molar-refractivity contribution in [2.75, 3.05) is 6.17 Å². The fourth-order valence-electron chi connectivity index (χ4n) is 1.42. The van der Waals surface area contributed by atoms with Gasteiger partial charge < -0.3 is 4.90 Å². The number of nitrogens with zero attached hydrogens (tertiary/aromatic N) is 2. The molecule has 0 aromatic carbocycles. The molecular formula is C9H22N2Si. The van der Waals surface area contributed by atoms with Gasteiger partial charge in [0.2, 0.25) is 0 Å². The van der Waals surface area contributed by atoms with Crippen LogP contribution in [0.4, 0.5) is 0 Å². The van der Waals surface area contributed by atoms with E-state index in [0.717, 1.165) is 0 Å². The fraction of sp³-hybridized carbons (Fsp3) is 0.889. The molecule has 0 saturated heterocycles. The number of amidine groups is 1. The molecule has 0 unspecified atom stereocenters. The monoisotopic (exact) mass is 186 g/mol. The summed E-state index contributed by atoms with van der Waals surface area (Å²) in [5, 5.41) is 0. The summed E-state index contributed by atoms with van der Waals surface area (Å²) in [6.45, 7) is 10.8. The lowest BCUT2D eigenvalue weighted by molar-refractivity contribution is 0.394. The third-order valence-corrected chi connectivity index (χ3v) is 2.51. The van der Waals surface area contributed by atoms with E-state index in [1.807, 2.05) is 0 Å². The summed E-state index contributed by atoms with van der Waals surface area (Å²) < 4.78 is 0. The molecule has 0 rings (SSSR count). The molecule has 0 saturated carbocycles. The Morgan fingerprint density at radius 1 is 1.33 bits per heavy atom. The molecule has 2 nitrogen and oxygen atoms in total. The van der Waals surface area contributed by atoms with Gasteiger partial charge in [-0.2, -0.15) is 0 Å². The topological polar surface area (TPSA) is 15.6 Å². The molecule has 0 fully saturated rings. The summed E-state index contributed by atoms with van der Waals surface area (Å²) in [7, 11) is 1.21. The number of rotatable bonds is 3. The number of aliphatic imine (C=N–C) groups is 1. The van der Waals surface area contributed by atoms with Gasteiger partial charge in [0.1, 0.15) is 0 Å². The van der Waals surface area contributed by atoms with Crippen LogP contribution in [0.5, 0.6) is 0 Å². The second-order valence-electron chi connectivity index (χ2n) is 3.65. The summed E-state index contributed by atoms with van der Waals surface area (Å²) >= 11 is 0. The standard InChI is InChI=1S/C9H22N2Si/c1-7(2)10-9(5)11(6-12)8(3)4/h7-8H,6H2,1-5,12H3/b10-9+. The van der Waals surface area contributed by atoms with Crippen molar-refractivity contribution in [2.24, 2.45) is 4.99 Å². The van der Waals surface area contributed by atoms with E-state index in [1.54, 1.807) is 0 Å². The lowest BCUT2D eigenvalue weighted by atomic mass is 10.3. The lowest BCUT2D eigenvalue weighted by Crippen LogP contribution is -2.36. The molecule has 3 heteroatoms. The summed E-state index contributed by atoms with van der Waals surface area (Å²) in [6.07, 6.45) is 1.18. The minimum atomic E-state index is 0.416. The van der Waals surface area contributed by atoms with E-state index in [0.29, 0.717) is 12.1 Å². The highest BCUT2D eigenvalue weighted by atomic mass is 28.1. The molecule has 0 atom stereocenters. The van der Waals surface area contributed by atoms with E-state index in [1.165, 1.54) is 22.2 Å². The van der Waals surface area contributed by atoms with Crippen molar-refractivity contribution in [3.63, 3.8) is 0 Å². The summed E-state index contributed by atoms with van der Waals surface area (Å²) in [6, 6.07) is 1.00. The molecule has 0 aliphatic carbocycles. The van der Waals surface area contributed by atoms with Crippen molar-refractivity contribution in [1.82, 2.24) is 4.90 Å². The van der Waals surface area contributed by atoms with Gasteiger partial charge in [-0.05, 0) is 34.6 Å². The summed E-state index contributed by atoms with van der Waals surface area (Å²) in [5.74, 6) is 1.19. The SMILES string of the molecule is C/C(=N\C(C)C)N(C[SiH3])C(C)C. The third kappa shape index (κ3) is 3.90. The third-order valence-electron chi connectivity index (χ3n) is 1.82. The first-order chi connectivity index (χ1) is 5.49. The van der Waals surface area contributed by atoms with E-state index in [-0.39, 0.29) is 0 Å². The maximum absolute atomic E-state index is 4.53. The van der Waals surface area contributed by atoms with Crippen LogP contribution in [0.15, 0.2) is 4.99 Å². The van der Waals surface area contributed by atoms with Gasteiger partial charge in [0.15, 0.2) is 0 Å². The van der Waals surface area contributed by atoms with Gasteiger partial charge in [0.25, 0.3) is 0 Å². The number of hydrogen-bond acceptors (Lipinski definition) is 1. The minimum absolute atomic E-state index is 0.416. The molecule has 0 heterocycles. The highest BCUT2D eigenvalue weighted by Gasteiger charge is 2.07. The first kappa shape index (κ1) is 11.7. The summed E-state index contributed by atoms with van der Waals surface area (Å²) in [5.41, 5.74) is 0. The molecule has 0 aliphatic heterocycles. The van der Waals surface area contributed by atoms with E-state index in [4.69, 9.17) is 0 Å². The van der Waals surface area contributed by atoms with Crippen molar-refractivity contribution in [1.29, 1.82) is 0 Å². The van der Waals surface area contributed by atoms with Crippen LogP contribution in [0, 0.1) is 0 Å². The average molecular weight is 186 g/mol. The molecular weight excluding hydrogens is 164 g/mol. The molecule has 0 radical (unpaired) electrons. The Morgan fingerprint density at radius 3 is 2.08 bits per heavy atom. The predicted octanol–water partition coefficient (Wildman–Crippen LogP) is 0.846. The normalized spacial score (nSPS) is 13.1. The van der Waals surface area contributed by atoms with Crippen molar-refractivity contribution < 1.29 is 0 Å². The Bertz CT molecular complexity index is 153. The Kier molecular flexibility index (Phi) is 5.21. The first-order valence-electron chi connectivity index (χ1n) is 4.80. The van der Waals surface area contributed by atoms with Crippen LogP contribution in [-0.4, -0.2) is 39.2 Å². The second-order valence-corrected chi connectivity index (χ2v) is 4.28. The Labute approximate surface area is 79.5 Å². The Morgan fingerprint density at radius 2 is 1.83 bits per heavy atom. The fourth-order valence-corrected chi connectivity index (χ4v) is 2.60. The van der Waals surface area contributed by atoms with E-state index >= 15 is 0 Å². The van der Waals surface area contributed by atoms with Crippen molar-refractivity contribution in [3.05, 3.63) is 0 Å². The predicted molar refractivity (Wildman–Crippen MR) is 60.0 cm³/mol. The van der Waals surface area contributed by atoms with Crippen LogP contribution in [0.1, 0.15) is 34.6 Å². The van der Waals surface area contributed by atoms with Crippen molar-refractivity contribution >= 4 is 16.1 Å².